The van der Waals surface area contributed by atoms with Crippen molar-refractivity contribution < 1.29 is 4.74 Å². The number of aliphatic imine (C=N–C) groups is 1. The molecule has 1 aromatic heterocycles. The molecule has 1 atom stereocenters. The van der Waals surface area contributed by atoms with Crippen LogP contribution >= 0.6 is 11.3 Å². The highest BCUT2D eigenvalue weighted by Gasteiger charge is 2.23. The lowest BCUT2D eigenvalue weighted by atomic mass is 10.2. The Morgan fingerprint density at radius 1 is 1.29 bits per heavy atom. The third-order valence-electron chi connectivity index (χ3n) is 4.20. The van der Waals surface area contributed by atoms with Crippen LogP contribution in [-0.4, -0.2) is 56.8 Å². The van der Waals surface area contributed by atoms with Crippen molar-refractivity contribution >= 4 is 17.3 Å². The lowest BCUT2D eigenvalue weighted by molar-refractivity contribution is 0.0186. The quantitative estimate of drug-likeness (QED) is 0.408. The molecule has 0 aliphatic carbocycles. The van der Waals surface area contributed by atoms with E-state index in [-0.39, 0.29) is 0 Å². The summed E-state index contributed by atoms with van der Waals surface area (Å²) < 4.78 is 5.51. The van der Waals surface area contributed by atoms with Gasteiger partial charge in [-0.3, -0.25) is 9.89 Å². The maximum Gasteiger partial charge on any atom is 0.191 e. The minimum Gasteiger partial charge on any atom is -0.379 e. The van der Waals surface area contributed by atoms with Crippen LogP contribution in [0.5, 0.6) is 0 Å². The van der Waals surface area contributed by atoms with Gasteiger partial charge < -0.3 is 15.4 Å². The first-order valence-corrected chi connectivity index (χ1v) is 10.1. The highest BCUT2D eigenvalue weighted by atomic mass is 32.1. The summed E-state index contributed by atoms with van der Waals surface area (Å²) in [7, 11) is 0. The Morgan fingerprint density at radius 3 is 2.79 bits per heavy atom. The van der Waals surface area contributed by atoms with Gasteiger partial charge in [-0.05, 0) is 24.8 Å². The highest BCUT2D eigenvalue weighted by molar-refractivity contribution is 7.10. The van der Waals surface area contributed by atoms with Crippen molar-refractivity contribution in [2.45, 2.75) is 39.2 Å². The number of rotatable bonds is 9. The van der Waals surface area contributed by atoms with Gasteiger partial charge >= 0.3 is 0 Å². The van der Waals surface area contributed by atoms with Crippen LogP contribution in [0, 0.1) is 0 Å². The monoisotopic (exact) mass is 352 g/mol. The third kappa shape index (κ3) is 6.42. The van der Waals surface area contributed by atoms with E-state index in [1.54, 1.807) is 0 Å². The van der Waals surface area contributed by atoms with Gasteiger partial charge in [0, 0.05) is 31.1 Å². The fourth-order valence-corrected chi connectivity index (χ4v) is 3.71. The summed E-state index contributed by atoms with van der Waals surface area (Å²) in [6.45, 7) is 10.6. The molecule has 0 aromatic carbocycles. The van der Waals surface area contributed by atoms with Gasteiger partial charge in [-0.15, -0.1) is 11.3 Å². The molecule has 1 unspecified atom stereocenters. The molecular weight excluding hydrogens is 320 g/mol. The van der Waals surface area contributed by atoms with Gasteiger partial charge in [0.25, 0.3) is 0 Å². The molecule has 2 N–H and O–H groups in total. The summed E-state index contributed by atoms with van der Waals surface area (Å²) in [6, 6.07) is 4.70. The first-order valence-electron chi connectivity index (χ1n) is 9.22. The van der Waals surface area contributed by atoms with Crippen LogP contribution in [-0.2, 0) is 4.74 Å². The second kappa shape index (κ2) is 11.4. The maximum absolute atomic E-state index is 5.51. The Bertz CT molecular complexity index is 458. The first kappa shape index (κ1) is 19.2. The fourth-order valence-electron chi connectivity index (χ4n) is 2.86. The molecule has 1 aliphatic heterocycles. The van der Waals surface area contributed by atoms with Crippen LogP contribution in [0.3, 0.4) is 0 Å². The predicted octanol–water partition coefficient (Wildman–Crippen LogP) is 2.87. The van der Waals surface area contributed by atoms with Gasteiger partial charge in [0.05, 0.1) is 25.8 Å². The van der Waals surface area contributed by atoms with Gasteiger partial charge in [0.2, 0.25) is 0 Å². The van der Waals surface area contributed by atoms with Gasteiger partial charge in [-0.1, -0.05) is 25.8 Å². The Morgan fingerprint density at radius 2 is 2.12 bits per heavy atom. The van der Waals surface area contributed by atoms with Crippen molar-refractivity contribution in [1.29, 1.82) is 0 Å². The molecule has 1 fully saturated rings. The fraction of sp³-hybridized carbons (Fsp3) is 0.722. The van der Waals surface area contributed by atoms with Gasteiger partial charge in [0.15, 0.2) is 5.96 Å². The van der Waals surface area contributed by atoms with Crippen molar-refractivity contribution in [2.75, 3.05) is 45.9 Å². The molecule has 6 heteroatoms. The minimum absolute atomic E-state index is 0.347. The molecule has 0 amide bonds. The molecule has 0 radical (unpaired) electrons. The number of guanidine groups is 1. The Labute approximate surface area is 150 Å². The van der Waals surface area contributed by atoms with Crippen molar-refractivity contribution in [3.05, 3.63) is 22.4 Å². The summed E-state index contributed by atoms with van der Waals surface area (Å²) in [5.74, 6) is 0.934. The van der Waals surface area contributed by atoms with Crippen LogP contribution in [0.2, 0.25) is 0 Å². The van der Waals surface area contributed by atoms with E-state index in [1.807, 2.05) is 11.3 Å². The molecule has 1 saturated heterocycles. The standard InChI is InChI=1S/C18H32N4OS/c1-3-5-6-9-20-18(19-4-2)21-15-16(17-8-7-14-24-17)22-10-12-23-13-11-22/h7-8,14,16H,3-6,9-13,15H2,1-2H3,(H2,19,20,21). The second-order valence-corrected chi connectivity index (χ2v) is 7.01. The zero-order valence-corrected chi connectivity index (χ0v) is 15.9. The number of nitrogens with zero attached hydrogens (tertiary/aromatic N) is 2. The van der Waals surface area contributed by atoms with Crippen molar-refractivity contribution in [2.24, 2.45) is 4.99 Å². The van der Waals surface area contributed by atoms with E-state index in [9.17, 15) is 0 Å². The van der Waals surface area contributed by atoms with Crippen LogP contribution in [0.15, 0.2) is 22.5 Å². The van der Waals surface area contributed by atoms with Gasteiger partial charge in [-0.2, -0.15) is 0 Å². The molecule has 1 aliphatic rings. The van der Waals surface area contributed by atoms with E-state index in [2.05, 4.69) is 46.9 Å². The van der Waals surface area contributed by atoms with Gasteiger partial charge in [-0.25, -0.2) is 0 Å². The SMILES string of the molecule is CCCCCNC(=NCC(c1cccs1)N1CCOCC1)NCC. The number of hydrogen-bond donors (Lipinski definition) is 2. The van der Waals surface area contributed by atoms with Crippen molar-refractivity contribution in [3.63, 3.8) is 0 Å². The summed E-state index contributed by atoms with van der Waals surface area (Å²) in [5.41, 5.74) is 0. The molecule has 2 heterocycles. The molecule has 24 heavy (non-hydrogen) atoms. The van der Waals surface area contributed by atoms with E-state index in [1.165, 1.54) is 24.1 Å². The number of nitrogens with one attached hydrogen (secondary N) is 2. The maximum atomic E-state index is 5.51. The van der Waals surface area contributed by atoms with Crippen LogP contribution < -0.4 is 10.6 Å². The number of thiophene rings is 1. The highest BCUT2D eigenvalue weighted by Crippen LogP contribution is 2.26. The topological polar surface area (TPSA) is 48.9 Å². The molecule has 0 spiro atoms. The first-order chi connectivity index (χ1) is 11.8. The lowest BCUT2D eigenvalue weighted by Crippen LogP contribution is -2.41. The van der Waals surface area contributed by atoms with Crippen LogP contribution in [0.1, 0.15) is 44.0 Å². The molecule has 5 nitrogen and oxygen atoms in total. The molecule has 2 rings (SSSR count). The average Bonchev–Trinajstić information content (AvgIpc) is 3.14. The number of ether oxygens (including phenoxy) is 1. The normalized spacial score (nSPS) is 17.7. The average molecular weight is 353 g/mol. The van der Waals surface area contributed by atoms with E-state index >= 15 is 0 Å². The largest absolute Gasteiger partial charge is 0.379 e. The zero-order valence-electron chi connectivity index (χ0n) is 15.1. The second-order valence-electron chi connectivity index (χ2n) is 6.03. The lowest BCUT2D eigenvalue weighted by Gasteiger charge is -2.33. The van der Waals surface area contributed by atoms with E-state index in [4.69, 9.17) is 9.73 Å². The number of unbranched alkanes of at least 4 members (excludes halogenated alkanes) is 2. The van der Waals surface area contributed by atoms with E-state index < -0.39 is 0 Å². The smallest absolute Gasteiger partial charge is 0.191 e. The Kier molecular flexibility index (Phi) is 9.16. The number of hydrogen-bond acceptors (Lipinski definition) is 4. The van der Waals surface area contributed by atoms with Crippen molar-refractivity contribution in [1.82, 2.24) is 15.5 Å². The van der Waals surface area contributed by atoms with Crippen LogP contribution in [0.4, 0.5) is 0 Å². The van der Waals surface area contributed by atoms with E-state index in [0.717, 1.165) is 51.9 Å². The number of morpholine rings is 1. The third-order valence-corrected chi connectivity index (χ3v) is 5.17. The molecular formula is C18H32N4OS. The Hall–Kier alpha value is -1.11. The van der Waals surface area contributed by atoms with Gasteiger partial charge in [0.1, 0.15) is 0 Å². The molecule has 136 valence electrons. The summed E-state index contributed by atoms with van der Waals surface area (Å²) >= 11 is 1.82. The minimum atomic E-state index is 0.347. The van der Waals surface area contributed by atoms with E-state index in [0.29, 0.717) is 6.04 Å². The summed E-state index contributed by atoms with van der Waals surface area (Å²) in [5, 5.41) is 8.97. The van der Waals surface area contributed by atoms with Crippen LogP contribution in [0.25, 0.3) is 0 Å². The molecule has 0 bridgehead atoms. The predicted molar refractivity (Wildman–Crippen MR) is 103 cm³/mol. The summed E-state index contributed by atoms with van der Waals surface area (Å²) in [4.78, 5) is 8.75. The molecule has 0 saturated carbocycles. The summed E-state index contributed by atoms with van der Waals surface area (Å²) in [6.07, 6.45) is 3.70. The Balaban J connectivity index is 1.97. The molecule has 1 aromatic rings. The van der Waals surface area contributed by atoms with Crippen molar-refractivity contribution in [3.8, 4) is 0 Å². The zero-order chi connectivity index (χ0) is 17.0.